The van der Waals surface area contributed by atoms with Gasteiger partial charge in [-0.3, -0.25) is 9.59 Å². The molecule has 0 bridgehead atoms. The van der Waals surface area contributed by atoms with Crippen molar-refractivity contribution < 1.29 is 14.3 Å². The van der Waals surface area contributed by atoms with E-state index in [1.54, 1.807) is 19.1 Å². The lowest BCUT2D eigenvalue weighted by Gasteiger charge is -2.11. The zero-order valence-corrected chi connectivity index (χ0v) is 13.3. The minimum atomic E-state index is -0.466. The van der Waals surface area contributed by atoms with Crippen LogP contribution in [0.2, 0.25) is 0 Å². The minimum absolute atomic E-state index is 0.192. The highest BCUT2D eigenvalue weighted by molar-refractivity contribution is 6.06. The molecular formula is C18H25NO3. The average Bonchev–Trinajstić information content (AvgIpc) is 3.01. The first kappa shape index (κ1) is 16.5. The van der Waals surface area contributed by atoms with Crippen LogP contribution in [0.5, 0.6) is 0 Å². The number of hydrogen-bond acceptors (Lipinski definition) is 4. The van der Waals surface area contributed by atoms with Gasteiger partial charge in [0.25, 0.3) is 0 Å². The molecule has 0 radical (unpaired) electrons. The molecule has 1 aliphatic rings. The zero-order valence-electron chi connectivity index (χ0n) is 13.3. The molecule has 1 saturated carbocycles. The first-order chi connectivity index (χ1) is 10.7. The van der Waals surface area contributed by atoms with Crippen LogP contribution in [-0.2, 0) is 9.53 Å². The van der Waals surface area contributed by atoms with Gasteiger partial charge in [-0.2, -0.15) is 0 Å². The van der Waals surface area contributed by atoms with Crippen LogP contribution >= 0.6 is 0 Å². The summed E-state index contributed by atoms with van der Waals surface area (Å²) in [4.78, 5) is 23.2. The first-order valence-electron chi connectivity index (χ1n) is 8.21. The molecule has 0 heterocycles. The second-order valence-electron chi connectivity index (χ2n) is 5.85. The van der Waals surface area contributed by atoms with E-state index in [-0.39, 0.29) is 12.2 Å². The van der Waals surface area contributed by atoms with Crippen molar-refractivity contribution in [1.82, 2.24) is 0 Å². The quantitative estimate of drug-likeness (QED) is 0.451. The molecule has 0 aromatic heterocycles. The lowest BCUT2D eigenvalue weighted by molar-refractivity contribution is -0.141. The monoisotopic (exact) mass is 303 g/mol. The van der Waals surface area contributed by atoms with Gasteiger partial charge in [-0.25, -0.2) is 0 Å². The number of Topliss-reactive ketones (excluding diaryl/α,β-unsaturated/α-hetero) is 1. The molecule has 1 aromatic rings. The minimum Gasteiger partial charge on any atom is -0.466 e. The highest BCUT2D eigenvalue weighted by Gasteiger charge is 2.14. The standard InChI is InChI=1S/C18H25NO3/c1-2-22-18(21)13-17(20)15-7-9-16(10-8-15)19-12-11-14-5-3-4-6-14/h7-10,14,19H,2-6,11-13H2,1H3. The number of nitrogens with one attached hydrogen (secondary N) is 1. The maximum absolute atomic E-state index is 11.9. The van der Waals surface area contributed by atoms with Gasteiger partial charge in [-0.15, -0.1) is 0 Å². The summed E-state index contributed by atoms with van der Waals surface area (Å²) in [5, 5.41) is 3.40. The summed E-state index contributed by atoms with van der Waals surface area (Å²) in [6.07, 6.45) is 6.50. The zero-order chi connectivity index (χ0) is 15.8. The molecule has 22 heavy (non-hydrogen) atoms. The van der Waals surface area contributed by atoms with Gasteiger partial charge in [0.05, 0.1) is 6.61 Å². The van der Waals surface area contributed by atoms with Crippen molar-refractivity contribution in [3.05, 3.63) is 29.8 Å². The normalized spacial score (nSPS) is 14.8. The van der Waals surface area contributed by atoms with Crippen LogP contribution in [0, 0.1) is 5.92 Å². The predicted molar refractivity (Wildman–Crippen MR) is 87.1 cm³/mol. The summed E-state index contributed by atoms with van der Waals surface area (Å²) in [5.41, 5.74) is 1.57. The molecule has 0 saturated heterocycles. The molecule has 0 spiro atoms. The summed E-state index contributed by atoms with van der Waals surface area (Å²) in [5.74, 6) is 0.208. The van der Waals surface area contributed by atoms with E-state index in [2.05, 4.69) is 5.32 Å². The van der Waals surface area contributed by atoms with E-state index in [0.29, 0.717) is 12.2 Å². The van der Waals surface area contributed by atoms with E-state index in [1.807, 2.05) is 12.1 Å². The summed E-state index contributed by atoms with van der Waals surface area (Å²) < 4.78 is 4.79. The Hall–Kier alpha value is -1.84. The number of ketones is 1. The van der Waals surface area contributed by atoms with Gasteiger partial charge in [-0.1, -0.05) is 25.7 Å². The Kier molecular flexibility index (Phi) is 6.44. The molecular weight excluding hydrogens is 278 g/mol. The van der Waals surface area contributed by atoms with Gasteiger partial charge in [0, 0.05) is 17.8 Å². The Labute approximate surface area is 132 Å². The Balaban J connectivity index is 1.76. The number of carbonyl (C=O) groups excluding carboxylic acids is 2. The van der Waals surface area contributed by atoms with Crippen molar-refractivity contribution in [3.63, 3.8) is 0 Å². The van der Waals surface area contributed by atoms with Crippen LogP contribution < -0.4 is 5.32 Å². The van der Waals surface area contributed by atoms with Gasteiger partial charge >= 0.3 is 5.97 Å². The third-order valence-corrected chi connectivity index (χ3v) is 4.17. The second-order valence-corrected chi connectivity index (χ2v) is 5.85. The maximum Gasteiger partial charge on any atom is 0.313 e. The first-order valence-corrected chi connectivity index (χ1v) is 8.21. The van der Waals surface area contributed by atoms with Crippen LogP contribution in [-0.4, -0.2) is 24.9 Å². The van der Waals surface area contributed by atoms with Crippen molar-refractivity contribution in [2.24, 2.45) is 5.92 Å². The highest BCUT2D eigenvalue weighted by Crippen LogP contribution is 2.27. The second kappa shape index (κ2) is 8.57. The van der Waals surface area contributed by atoms with E-state index >= 15 is 0 Å². The van der Waals surface area contributed by atoms with Crippen LogP contribution in [0.3, 0.4) is 0 Å². The number of benzene rings is 1. The number of esters is 1. The van der Waals surface area contributed by atoms with Crippen molar-refractivity contribution >= 4 is 17.4 Å². The largest absolute Gasteiger partial charge is 0.466 e. The molecule has 1 fully saturated rings. The van der Waals surface area contributed by atoms with Crippen LogP contribution in [0.15, 0.2) is 24.3 Å². The smallest absolute Gasteiger partial charge is 0.313 e. The topological polar surface area (TPSA) is 55.4 Å². The fraction of sp³-hybridized carbons (Fsp3) is 0.556. The van der Waals surface area contributed by atoms with E-state index in [9.17, 15) is 9.59 Å². The maximum atomic E-state index is 11.9. The molecule has 2 rings (SSSR count). The Morgan fingerprint density at radius 1 is 1.18 bits per heavy atom. The lowest BCUT2D eigenvalue weighted by atomic mass is 10.0. The van der Waals surface area contributed by atoms with E-state index in [1.165, 1.54) is 32.1 Å². The van der Waals surface area contributed by atoms with Crippen LogP contribution in [0.25, 0.3) is 0 Å². The van der Waals surface area contributed by atoms with Gasteiger partial charge in [0.2, 0.25) is 0 Å². The summed E-state index contributed by atoms with van der Waals surface area (Å²) >= 11 is 0. The SMILES string of the molecule is CCOC(=O)CC(=O)c1ccc(NCCC2CCCC2)cc1. The fourth-order valence-electron chi connectivity index (χ4n) is 2.94. The molecule has 4 heteroatoms. The molecule has 0 atom stereocenters. The molecule has 0 unspecified atom stereocenters. The summed E-state index contributed by atoms with van der Waals surface area (Å²) in [6.45, 7) is 3.01. The van der Waals surface area contributed by atoms with Crippen molar-refractivity contribution in [1.29, 1.82) is 0 Å². The average molecular weight is 303 g/mol. The highest BCUT2D eigenvalue weighted by atomic mass is 16.5. The van der Waals surface area contributed by atoms with Crippen LogP contribution in [0.4, 0.5) is 5.69 Å². The molecule has 120 valence electrons. The Morgan fingerprint density at radius 3 is 2.50 bits per heavy atom. The summed E-state index contributed by atoms with van der Waals surface area (Å²) in [6, 6.07) is 7.32. The van der Waals surface area contributed by atoms with Crippen molar-refractivity contribution in [2.75, 3.05) is 18.5 Å². The van der Waals surface area contributed by atoms with Crippen molar-refractivity contribution in [3.8, 4) is 0 Å². The van der Waals surface area contributed by atoms with Gasteiger partial charge in [0.15, 0.2) is 5.78 Å². The third kappa shape index (κ3) is 5.17. The third-order valence-electron chi connectivity index (χ3n) is 4.17. The predicted octanol–water partition coefficient (Wildman–Crippen LogP) is 3.81. The molecule has 0 amide bonds. The number of carbonyl (C=O) groups is 2. The van der Waals surface area contributed by atoms with E-state index in [0.717, 1.165) is 18.2 Å². The Bertz CT molecular complexity index is 490. The van der Waals surface area contributed by atoms with Crippen LogP contribution in [0.1, 0.15) is 55.8 Å². The lowest BCUT2D eigenvalue weighted by Crippen LogP contribution is -2.11. The number of hydrogen-bond donors (Lipinski definition) is 1. The van der Waals surface area contributed by atoms with Gasteiger partial charge < -0.3 is 10.1 Å². The Morgan fingerprint density at radius 2 is 1.86 bits per heavy atom. The van der Waals surface area contributed by atoms with Crippen molar-refractivity contribution in [2.45, 2.75) is 45.4 Å². The number of rotatable bonds is 8. The van der Waals surface area contributed by atoms with E-state index < -0.39 is 5.97 Å². The van der Waals surface area contributed by atoms with Gasteiger partial charge in [-0.05, 0) is 43.5 Å². The molecule has 4 nitrogen and oxygen atoms in total. The summed E-state index contributed by atoms with van der Waals surface area (Å²) in [7, 11) is 0. The fourth-order valence-corrected chi connectivity index (χ4v) is 2.94. The van der Waals surface area contributed by atoms with E-state index in [4.69, 9.17) is 4.74 Å². The molecule has 1 aromatic carbocycles. The number of anilines is 1. The van der Waals surface area contributed by atoms with Gasteiger partial charge in [0.1, 0.15) is 6.42 Å². The number of ether oxygens (including phenoxy) is 1. The molecule has 0 aliphatic heterocycles. The molecule has 1 aliphatic carbocycles. The molecule has 1 N–H and O–H groups in total.